The molecule has 0 bridgehead atoms. The molecule has 0 aliphatic carbocycles. The smallest absolute Gasteiger partial charge is 0.230 e. The molecule has 0 saturated heterocycles. The topological polar surface area (TPSA) is 41.1 Å². The molecule has 24 heavy (non-hydrogen) atoms. The first kappa shape index (κ1) is 16.4. The maximum atomic E-state index is 12.1. The van der Waals surface area contributed by atoms with Gasteiger partial charge < -0.3 is 10.6 Å². The summed E-state index contributed by atoms with van der Waals surface area (Å²) < 4.78 is 0. The maximum absolute atomic E-state index is 12.1. The number of hydrogen-bond donors (Lipinski definition) is 2. The van der Waals surface area contributed by atoms with E-state index in [1.54, 1.807) is 12.1 Å². The monoisotopic (exact) mass is 354 g/mol. The van der Waals surface area contributed by atoms with E-state index in [4.69, 9.17) is 23.8 Å². The number of halogens is 1. The number of amides is 1. The minimum atomic E-state index is -0.171. The molecule has 0 fully saturated rings. The zero-order valence-electron chi connectivity index (χ0n) is 12.8. The molecule has 0 heterocycles. The summed E-state index contributed by atoms with van der Waals surface area (Å²) in [4.78, 5) is 12.1. The number of carbonyl (C=O) groups is 1. The average molecular weight is 355 g/mol. The van der Waals surface area contributed by atoms with E-state index in [1.165, 1.54) is 0 Å². The number of anilines is 1. The highest BCUT2D eigenvalue weighted by Crippen LogP contribution is 2.22. The number of carbonyl (C=O) groups excluding carboxylic acids is 1. The fourth-order valence-electron chi connectivity index (χ4n) is 2.45. The molecular formula is C19H15ClN2OS. The van der Waals surface area contributed by atoms with Gasteiger partial charge in [0.25, 0.3) is 0 Å². The lowest BCUT2D eigenvalue weighted by atomic mass is 10.1. The quantitative estimate of drug-likeness (QED) is 0.678. The molecule has 0 unspecified atom stereocenters. The van der Waals surface area contributed by atoms with Gasteiger partial charge in [-0.25, -0.2) is 0 Å². The predicted molar refractivity (Wildman–Crippen MR) is 103 cm³/mol. The van der Waals surface area contributed by atoms with Gasteiger partial charge in [0.05, 0.1) is 6.42 Å². The first-order valence-corrected chi connectivity index (χ1v) is 8.23. The molecule has 3 rings (SSSR count). The zero-order valence-corrected chi connectivity index (χ0v) is 14.3. The van der Waals surface area contributed by atoms with Crippen LogP contribution in [0.2, 0.25) is 5.02 Å². The van der Waals surface area contributed by atoms with E-state index in [2.05, 4.69) is 10.6 Å². The Kier molecular flexibility index (Phi) is 5.08. The van der Waals surface area contributed by atoms with Gasteiger partial charge in [-0.15, -0.1) is 0 Å². The summed E-state index contributed by atoms with van der Waals surface area (Å²) in [6.45, 7) is 0. The molecule has 120 valence electrons. The van der Waals surface area contributed by atoms with Crippen molar-refractivity contribution in [2.75, 3.05) is 5.32 Å². The van der Waals surface area contributed by atoms with Crippen LogP contribution in [0.3, 0.4) is 0 Å². The fraction of sp³-hybridized carbons (Fsp3) is 0.0526. The summed E-state index contributed by atoms with van der Waals surface area (Å²) in [7, 11) is 0. The fourth-order valence-corrected chi connectivity index (χ4v) is 2.80. The molecule has 0 aromatic heterocycles. The molecule has 1 amide bonds. The standard InChI is InChI=1S/C19H15ClN2OS/c20-15-10-8-13(9-11-15)12-18(23)22-19(24)21-17-7-3-5-14-4-1-2-6-16(14)17/h1-11H,12H2,(H2,21,22,23,24). The molecule has 3 aromatic rings. The van der Waals surface area contributed by atoms with Gasteiger partial charge in [-0.2, -0.15) is 0 Å². The predicted octanol–water partition coefficient (Wildman–Crippen LogP) is 4.55. The Hall–Kier alpha value is -2.43. The summed E-state index contributed by atoms with van der Waals surface area (Å²) in [5, 5.41) is 8.88. The Morgan fingerprint density at radius 2 is 1.67 bits per heavy atom. The Labute approximate surface area is 150 Å². The second-order valence-corrected chi connectivity index (χ2v) is 6.18. The van der Waals surface area contributed by atoms with Crippen molar-refractivity contribution >= 4 is 51.3 Å². The van der Waals surface area contributed by atoms with Crippen LogP contribution in [0.1, 0.15) is 5.56 Å². The third-order valence-electron chi connectivity index (χ3n) is 3.57. The summed E-state index contributed by atoms with van der Waals surface area (Å²) in [6.07, 6.45) is 0.245. The summed E-state index contributed by atoms with van der Waals surface area (Å²) in [6, 6.07) is 21.1. The first-order valence-electron chi connectivity index (χ1n) is 7.45. The first-order chi connectivity index (χ1) is 11.6. The van der Waals surface area contributed by atoms with Crippen molar-refractivity contribution in [2.45, 2.75) is 6.42 Å². The SMILES string of the molecule is O=C(Cc1ccc(Cl)cc1)NC(=S)Nc1cccc2ccccc12. The van der Waals surface area contributed by atoms with Gasteiger partial charge in [0.2, 0.25) is 5.91 Å². The Balaban J connectivity index is 1.64. The average Bonchev–Trinajstić information content (AvgIpc) is 2.57. The molecule has 3 aromatic carbocycles. The van der Waals surface area contributed by atoms with Crippen molar-refractivity contribution in [1.82, 2.24) is 5.32 Å². The van der Waals surface area contributed by atoms with Gasteiger partial charge >= 0.3 is 0 Å². The molecule has 0 saturated carbocycles. The van der Waals surface area contributed by atoms with Gasteiger partial charge in [-0.05, 0) is 41.4 Å². The second kappa shape index (κ2) is 7.43. The largest absolute Gasteiger partial charge is 0.332 e. The van der Waals surface area contributed by atoms with Gasteiger partial charge in [-0.3, -0.25) is 4.79 Å². The Morgan fingerprint density at radius 3 is 2.46 bits per heavy atom. The molecule has 0 aliphatic rings. The van der Waals surface area contributed by atoms with Crippen LogP contribution in [0.4, 0.5) is 5.69 Å². The van der Waals surface area contributed by atoms with Gasteiger partial charge in [0.15, 0.2) is 5.11 Å². The van der Waals surface area contributed by atoms with Gasteiger partial charge in [0, 0.05) is 16.1 Å². The van der Waals surface area contributed by atoms with E-state index in [9.17, 15) is 4.79 Å². The minimum Gasteiger partial charge on any atom is -0.332 e. The minimum absolute atomic E-state index is 0.171. The van der Waals surface area contributed by atoms with Crippen LogP contribution in [0.5, 0.6) is 0 Å². The summed E-state index contributed by atoms with van der Waals surface area (Å²) in [5.41, 5.74) is 1.75. The van der Waals surface area contributed by atoms with Crippen LogP contribution in [0.25, 0.3) is 10.8 Å². The molecule has 0 atom stereocenters. The molecule has 0 aliphatic heterocycles. The number of hydrogen-bond acceptors (Lipinski definition) is 2. The van der Waals surface area contributed by atoms with Crippen molar-refractivity contribution in [1.29, 1.82) is 0 Å². The van der Waals surface area contributed by atoms with Gasteiger partial charge in [0.1, 0.15) is 0 Å². The summed E-state index contributed by atoms with van der Waals surface area (Å²) in [5.74, 6) is -0.171. The zero-order chi connectivity index (χ0) is 16.9. The molecule has 0 radical (unpaired) electrons. The van der Waals surface area contributed by atoms with Crippen LogP contribution in [-0.4, -0.2) is 11.0 Å². The third kappa shape index (κ3) is 4.10. The maximum Gasteiger partial charge on any atom is 0.230 e. The van der Waals surface area contributed by atoms with E-state index in [0.29, 0.717) is 5.02 Å². The van der Waals surface area contributed by atoms with Crippen LogP contribution in [-0.2, 0) is 11.2 Å². The lowest BCUT2D eigenvalue weighted by Gasteiger charge is -2.12. The van der Waals surface area contributed by atoms with E-state index in [1.807, 2.05) is 54.6 Å². The van der Waals surface area contributed by atoms with Crippen molar-refractivity contribution in [2.24, 2.45) is 0 Å². The third-order valence-corrected chi connectivity index (χ3v) is 4.02. The lowest BCUT2D eigenvalue weighted by Crippen LogP contribution is -2.35. The number of rotatable bonds is 3. The van der Waals surface area contributed by atoms with Crippen LogP contribution >= 0.6 is 23.8 Å². The van der Waals surface area contributed by atoms with Crippen LogP contribution in [0, 0.1) is 0 Å². The van der Waals surface area contributed by atoms with E-state index >= 15 is 0 Å². The summed E-state index contributed by atoms with van der Waals surface area (Å²) >= 11 is 11.1. The molecule has 3 nitrogen and oxygen atoms in total. The highest BCUT2D eigenvalue weighted by Gasteiger charge is 2.08. The van der Waals surface area contributed by atoms with E-state index < -0.39 is 0 Å². The number of benzene rings is 3. The van der Waals surface area contributed by atoms with Crippen LogP contribution < -0.4 is 10.6 Å². The molecule has 5 heteroatoms. The van der Waals surface area contributed by atoms with Crippen molar-refractivity contribution in [3.8, 4) is 0 Å². The highest BCUT2D eigenvalue weighted by atomic mass is 35.5. The van der Waals surface area contributed by atoms with E-state index in [-0.39, 0.29) is 17.4 Å². The normalized spacial score (nSPS) is 10.4. The van der Waals surface area contributed by atoms with Crippen LogP contribution in [0.15, 0.2) is 66.7 Å². The highest BCUT2D eigenvalue weighted by molar-refractivity contribution is 7.80. The molecule has 2 N–H and O–H groups in total. The molecular weight excluding hydrogens is 340 g/mol. The number of nitrogens with one attached hydrogen (secondary N) is 2. The number of fused-ring (bicyclic) bond motifs is 1. The van der Waals surface area contributed by atoms with E-state index in [0.717, 1.165) is 22.0 Å². The Bertz CT molecular complexity index is 888. The molecule has 0 spiro atoms. The van der Waals surface area contributed by atoms with Crippen molar-refractivity contribution in [3.63, 3.8) is 0 Å². The lowest BCUT2D eigenvalue weighted by molar-refractivity contribution is -0.119. The van der Waals surface area contributed by atoms with Gasteiger partial charge in [-0.1, -0.05) is 60.1 Å². The van der Waals surface area contributed by atoms with Crippen molar-refractivity contribution < 1.29 is 4.79 Å². The second-order valence-electron chi connectivity index (χ2n) is 5.33. The van der Waals surface area contributed by atoms with Crippen molar-refractivity contribution in [3.05, 3.63) is 77.3 Å². The Morgan fingerprint density at radius 1 is 0.958 bits per heavy atom. The number of thiocarbonyl (C=S) groups is 1.